The van der Waals surface area contributed by atoms with Gasteiger partial charge < -0.3 is 9.32 Å². The van der Waals surface area contributed by atoms with E-state index >= 15 is 0 Å². The van der Waals surface area contributed by atoms with Gasteiger partial charge in [0.2, 0.25) is 0 Å². The van der Waals surface area contributed by atoms with Gasteiger partial charge in [0.15, 0.2) is 0 Å². The van der Waals surface area contributed by atoms with Crippen LogP contribution in [-0.4, -0.2) is 0 Å². The molecule has 4 bridgehead atoms. The average molecular weight is 628 g/mol. The molecule has 48 heavy (non-hydrogen) atoms. The normalized spacial score (nSPS) is 25.9. The highest BCUT2D eigenvalue weighted by Crippen LogP contribution is 2.61. The first-order valence-electron chi connectivity index (χ1n) is 18.6. The third-order valence-corrected chi connectivity index (χ3v) is 13.1. The van der Waals surface area contributed by atoms with Crippen LogP contribution in [0.1, 0.15) is 87.3 Å². The van der Waals surface area contributed by atoms with Crippen molar-refractivity contribution in [2.75, 3.05) is 4.90 Å². The third-order valence-electron chi connectivity index (χ3n) is 13.1. The summed E-state index contributed by atoms with van der Waals surface area (Å²) in [5.41, 5.74) is 10.5. The van der Waals surface area contributed by atoms with Crippen LogP contribution < -0.4 is 4.90 Å². The zero-order valence-electron chi connectivity index (χ0n) is 27.9. The van der Waals surface area contributed by atoms with E-state index in [0.717, 1.165) is 28.9 Å². The van der Waals surface area contributed by atoms with E-state index in [9.17, 15) is 0 Å². The van der Waals surface area contributed by atoms with Crippen LogP contribution in [0.25, 0.3) is 21.9 Å². The Bertz CT molecular complexity index is 2050. The van der Waals surface area contributed by atoms with Crippen molar-refractivity contribution in [3.05, 3.63) is 138 Å². The topological polar surface area (TPSA) is 16.4 Å². The molecule has 0 atom stereocenters. The van der Waals surface area contributed by atoms with Crippen LogP contribution in [0, 0.1) is 17.8 Å². The molecule has 5 saturated carbocycles. The first-order chi connectivity index (χ1) is 23.7. The van der Waals surface area contributed by atoms with Gasteiger partial charge in [-0.05, 0) is 140 Å². The highest BCUT2D eigenvalue weighted by molar-refractivity contribution is 6.06. The Hall–Kier alpha value is -4.30. The summed E-state index contributed by atoms with van der Waals surface area (Å²) in [6, 6.07) is 45.8. The molecule has 5 fully saturated rings. The summed E-state index contributed by atoms with van der Waals surface area (Å²) in [5, 5.41) is 2.34. The van der Waals surface area contributed by atoms with Gasteiger partial charge in [-0.3, -0.25) is 0 Å². The van der Waals surface area contributed by atoms with Crippen LogP contribution in [0.2, 0.25) is 0 Å². The molecule has 5 aliphatic carbocycles. The Kier molecular flexibility index (Phi) is 6.65. The number of para-hydroxylation sites is 1. The second kappa shape index (κ2) is 11.1. The Labute approximate surface area is 284 Å². The summed E-state index contributed by atoms with van der Waals surface area (Å²) in [7, 11) is 0. The summed E-state index contributed by atoms with van der Waals surface area (Å²) >= 11 is 0. The molecule has 0 spiro atoms. The van der Waals surface area contributed by atoms with Gasteiger partial charge in [0, 0.05) is 33.2 Å². The van der Waals surface area contributed by atoms with E-state index in [0.29, 0.717) is 5.41 Å². The smallest absolute Gasteiger partial charge is 0.135 e. The first kappa shape index (κ1) is 28.7. The lowest BCUT2D eigenvalue weighted by Crippen LogP contribution is -2.48. The summed E-state index contributed by atoms with van der Waals surface area (Å²) < 4.78 is 6.25. The quantitative estimate of drug-likeness (QED) is 0.183. The first-order valence-corrected chi connectivity index (χ1v) is 18.6. The standard InChI is InChI=1S/C46H45NO/c1-3-9-36(10-4-1)46(23-7-2-8-24-46)37-15-19-39(20-16-37)47(40-21-22-44-42(28-40)41-11-5-6-12-43(41)48-44)38-17-13-35(14-18-38)45-29-32-25-33(30-45)27-34(26-32)31-45/h1,3-6,9-22,28,32-34H,2,7-8,23-27,29-31H2. The number of rotatable bonds is 6. The Morgan fingerprint density at radius 3 is 1.69 bits per heavy atom. The summed E-state index contributed by atoms with van der Waals surface area (Å²) in [5.74, 6) is 2.85. The van der Waals surface area contributed by atoms with Gasteiger partial charge >= 0.3 is 0 Å². The highest BCUT2D eigenvalue weighted by atomic mass is 16.3. The molecule has 5 aromatic carbocycles. The molecule has 0 unspecified atom stereocenters. The van der Waals surface area contributed by atoms with Gasteiger partial charge in [0.05, 0.1) is 0 Å². The number of fused-ring (bicyclic) bond motifs is 3. The zero-order valence-corrected chi connectivity index (χ0v) is 27.9. The molecule has 2 nitrogen and oxygen atoms in total. The van der Waals surface area contributed by atoms with Crippen molar-refractivity contribution >= 4 is 39.0 Å². The molecule has 11 rings (SSSR count). The van der Waals surface area contributed by atoms with Gasteiger partial charge in [-0.2, -0.15) is 0 Å². The molecular weight excluding hydrogens is 583 g/mol. The second-order valence-electron chi connectivity index (χ2n) is 15.9. The largest absolute Gasteiger partial charge is 0.456 e. The summed E-state index contributed by atoms with van der Waals surface area (Å²) in [6.07, 6.45) is 15.0. The molecule has 5 aliphatic rings. The van der Waals surface area contributed by atoms with Crippen LogP contribution in [-0.2, 0) is 10.8 Å². The maximum absolute atomic E-state index is 6.25. The minimum atomic E-state index is 0.0942. The zero-order chi connectivity index (χ0) is 31.7. The monoisotopic (exact) mass is 627 g/mol. The molecule has 0 aliphatic heterocycles. The SMILES string of the molecule is c1ccc(C2(c3ccc(N(c4ccc(C56CC7CC(CC(C7)C5)C6)cc4)c4ccc5oc6ccccc6c5c4)cc3)CCCCC2)cc1. The van der Waals surface area contributed by atoms with E-state index < -0.39 is 0 Å². The predicted octanol–water partition coefficient (Wildman–Crippen LogP) is 12.8. The van der Waals surface area contributed by atoms with Gasteiger partial charge in [-0.1, -0.05) is 92.1 Å². The lowest BCUT2D eigenvalue weighted by atomic mass is 9.48. The van der Waals surface area contributed by atoms with Gasteiger partial charge in [-0.15, -0.1) is 0 Å². The lowest BCUT2D eigenvalue weighted by Gasteiger charge is -2.57. The van der Waals surface area contributed by atoms with E-state index in [1.54, 1.807) is 5.56 Å². The number of anilines is 3. The summed E-state index contributed by atoms with van der Waals surface area (Å²) in [4.78, 5) is 2.46. The third kappa shape index (κ3) is 4.59. The fraction of sp³-hybridized carbons (Fsp3) is 0.348. The molecule has 0 saturated heterocycles. The average Bonchev–Trinajstić information content (AvgIpc) is 3.51. The van der Waals surface area contributed by atoms with Crippen molar-refractivity contribution in [1.29, 1.82) is 0 Å². The van der Waals surface area contributed by atoms with E-state index in [4.69, 9.17) is 4.42 Å². The van der Waals surface area contributed by atoms with Gasteiger partial charge in [0.25, 0.3) is 0 Å². The van der Waals surface area contributed by atoms with Crippen molar-refractivity contribution < 1.29 is 4.42 Å². The molecule has 1 aromatic heterocycles. The minimum absolute atomic E-state index is 0.0942. The van der Waals surface area contributed by atoms with E-state index in [2.05, 4.69) is 126 Å². The molecule has 1 heterocycles. The second-order valence-corrected chi connectivity index (χ2v) is 15.9. The Morgan fingerprint density at radius 2 is 1.02 bits per heavy atom. The number of benzene rings is 5. The van der Waals surface area contributed by atoms with Gasteiger partial charge in [-0.25, -0.2) is 0 Å². The van der Waals surface area contributed by atoms with Crippen LogP contribution in [0.3, 0.4) is 0 Å². The van der Waals surface area contributed by atoms with Crippen molar-refractivity contribution in [2.24, 2.45) is 17.8 Å². The van der Waals surface area contributed by atoms with Crippen LogP contribution in [0.4, 0.5) is 17.1 Å². The van der Waals surface area contributed by atoms with E-state index in [1.165, 1.54) is 110 Å². The minimum Gasteiger partial charge on any atom is -0.456 e. The van der Waals surface area contributed by atoms with E-state index in [-0.39, 0.29) is 5.41 Å². The van der Waals surface area contributed by atoms with Crippen LogP contribution in [0.15, 0.2) is 126 Å². The van der Waals surface area contributed by atoms with Crippen LogP contribution >= 0.6 is 0 Å². The number of furan rings is 1. The number of hydrogen-bond acceptors (Lipinski definition) is 2. The Balaban J connectivity index is 1.07. The molecule has 0 amide bonds. The number of nitrogens with zero attached hydrogens (tertiary/aromatic N) is 1. The van der Waals surface area contributed by atoms with Crippen molar-refractivity contribution in [1.82, 2.24) is 0 Å². The van der Waals surface area contributed by atoms with Crippen molar-refractivity contribution in [2.45, 2.75) is 81.5 Å². The lowest BCUT2D eigenvalue weighted by molar-refractivity contribution is -0.00518. The fourth-order valence-electron chi connectivity index (χ4n) is 11.3. The maximum Gasteiger partial charge on any atom is 0.135 e. The molecule has 6 aromatic rings. The fourth-order valence-corrected chi connectivity index (χ4v) is 11.3. The van der Waals surface area contributed by atoms with Crippen LogP contribution in [0.5, 0.6) is 0 Å². The van der Waals surface area contributed by atoms with Crippen molar-refractivity contribution in [3.8, 4) is 0 Å². The molecule has 0 N–H and O–H groups in total. The number of hydrogen-bond donors (Lipinski definition) is 0. The Morgan fingerprint density at radius 1 is 0.479 bits per heavy atom. The van der Waals surface area contributed by atoms with Gasteiger partial charge in [0.1, 0.15) is 11.2 Å². The van der Waals surface area contributed by atoms with Crippen molar-refractivity contribution in [3.63, 3.8) is 0 Å². The molecule has 0 radical (unpaired) electrons. The summed E-state index contributed by atoms with van der Waals surface area (Å²) in [6.45, 7) is 0. The molecule has 2 heteroatoms. The molecular formula is C46H45NO. The highest BCUT2D eigenvalue weighted by Gasteiger charge is 2.51. The predicted molar refractivity (Wildman–Crippen MR) is 199 cm³/mol. The molecule has 240 valence electrons. The maximum atomic E-state index is 6.25. The van der Waals surface area contributed by atoms with E-state index in [1.807, 2.05) is 0 Å².